The number of carbonyl (C=O) groups excluding carboxylic acids is 1. The number of nitrogens with one attached hydrogen (secondary N) is 1. The molecule has 0 aliphatic carbocycles. The maximum atomic E-state index is 11.7. The van der Waals surface area contributed by atoms with Crippen LogP contribution < -0.4 is 5.32 Å². The maximum Gasteiger partial charge on any atom is 0.244 e. The van der Waals surface area contributed by atoms with Crippen LogP contribution >= 0.6 is 0 Å². The highest BCUT2D eigenvalue weighted by Crippen LogP contribution is 2.12. The van der Waals surface area contributed by atoms with Crippen molar-refractivity contribution in [1.82, 2.24) is 10.3 Å². The van der Waals surface area contributed by atoms with Crippen molar-refractivity contribution < 1.29 is 9.53 Å². The zero-order chi connectivity index (χ0) is 21.6. The van der Waals surface area contributed by atoms with Crippen molar-refractivity contribution in [2.75, 3.05) is 13.2 Å². The molecule has 1 aromatic carbocycles. The van der Waals surface area contributed by atoms with Gasteiger partial charge >= 0.3 is 0 Å². The number of aromatic nitrogens is 1. The van der Waals surface area contributed by atoms with Gasteiger partial charge in [0.15, 0.2) is 0 Å². The van der Waals surface area contributed by atoms with Crippen molar-refractivity contribution in [2.45, 2.75) is 59.5 Å². The number of ether oxygens (including phenoxy) is 1. The number of amides is 1. The van der Waals surface area contributed by atoms with Crippen LogP contribution in [0.4, 0.5) is 0 Å². The zero-order valence-corrected chi connectivity index (χ0v) is 18.7. The van der Waals surface area contributed by atoms with Gasteiger partial charge in [0, 0.05) is 24.6 Å². The van der Waals surface area contributed by atoms with Crippen LogP contribution in [0.2, 0.25) is 0 Å². The fourth-order valence-electron chi connectivity index (χ4n) is 3.07. The van der Waals surface area contributed by atoms with Gasteiger partial charge in [0.2, 0.25) is 5.91 Å². The minimum atomic E-state index is -0.00950. The fourth-order valence-corrected chi connectivity index (χ4v) is 3.07. The number of fused-ring (bicyclic) bond motifs is 1. The zero-order valence-electron chi connectivity index (χ0n) is 18.7. The Kier molecular flexibility index (Phi) is 10.9. The number of carbonyl (C=O) groups is 1. The standard InChI is InChI=1S/C26H36N2O2/c1-21(2)19-27-26(29)18-22(3)12-8-6-4-5-7-11-17-30-20-24-16-15-23-13-9-10-14-25(23)28-24/h8-10,12-16,18,21H,4-7,11,17,19-20H2,1-3H3,(H,27,29). The lowest BCUT2D eigenvalue weighted by atomic mass is 10.1. The van der Waals surface area contributed by atoms with Gasteiger partial charge in [-0.15, -0.1) is 0 Å². The van der Waals surface area contributed by atoms with Crippen LogP contribution in [0.15, 0.2) is 60.2 Å². The van der Waals surface area contributed by atoms with E-state index >= 15 is 0 Å². The second-order valence-corrected chi connectivity index (χ2v) is 8.18. The molecule has 1 heterocycles. The predicted octanol–water partition coefficient (Wildman–Crippen LogP) is 5.98. The number of hydrogen-bond acceptors (Lipinski definition) is 3. The number of allylic oxidation sites excluding steroid dienone is 3. The Morgan fingerprint density at radius 2 is 1.90 bits per heavy atom. The Morgan fingerprint density at radius 3 is 2.73 bits per heavy atom. The Morgan fingerprint density at radius 1 is 1.10 bits per heavy atom. The summed E-state index contributed by atoms with van der Waals surface area (Å²) in [7, 11) is 0. The second-order valence-electron chi connectivity index (χ2n) is 8.18. The highest BCUT2D eigenvalue weighted by atomic mass is 16.5. The van der Waals surface area contributed by atoms with E-state index in [-0.39, 0.29) is 5.91 Å². The first-order valence-corrected chi connectivity index (χ1v) is 11.1. The first-order chi connectivity index (χ1) is 14.5. The van der Waals surface area contributed by atoms with Gasteiger partial charge in [-0.2, -0.15) is 0 Å². The molecule has 0 fully saturated rings. The molecular formula is C26H36N2O2. The Balaban J connectivity index is 1.50. The van der Waals surface area contributed by atoms with Crippen molar-refractivity contribution >= 4 is 16.8 Å². The van der Waals surface area contributed by atoms with E-state index in [2.05, 4.69) is 42.4 Å². The summed E-state index contributed by atoms with van der Waals surface area (Å²) in [4.78, 5) is 16.4. The Labute approximate surface area is 181 Å². The van der Waals surface area contributed by atoms with Gasteiger partial charge in [-0.3, -0.25) is 9.78 Å². The summed E-state index contributed by atoms with van der Waals surface area (Å²) < 4.78 is 5.78. The molecule has 0 bridgehead atoms. The van der Waals surface area contributed by atoms with E-state index in [9.17, 15) is 4.79 Å². The van der Waals surface area contributed by atoms with E-state index < -0.39 is 0 Å². The van der Waals surface area contributed by atoms with Gasteiger partial charge in [-0.25, -0.2) is 0 Å². The van der Waals surface area contributed by atoms with Crippen molar-refractivity contribution in [3.8, 4) is 0 Å². The second kappa shape index (κ2) is 13.7. The smallest absolute Gasteiger partial charge is 0.244 e. The number of hydrogen-bond donors (Lipinski definition) is 1. The number of pyridine rings is 1. The molecule has 1 N–H and O–H groups in total. The SMILES string of the molecule is CC(C=CCCCCCCOCc1ccc2ccccc2n1)=CC(=O)NCC(C)C. The van der Waals surface area contributed by atoms with Crippen LogP contribution in [-0.2, 0) is 16.1 Å². The van der Waals surface area contributed by atoms with Crippen LogP contribution in [0.3, 0.4) is 0 Å². The first-order valence-electron chi connectivity index (χ1n) is 11.1. The molecule has 1 amide bonds. The molecule has 2 aromatic rings. The van der Waals surface area contributed by atoms with E-state index in [1.54, 1.807) is 6.08 Å². The van der Waals surface area contributed by atoms with Gasteiger partial charge < -0.3 is 10.1 Å². The average Bonchev–Trinajstić information content (AvgIpc) is 2.73. The fraction of sp³-hybridized carbons (Fsp3) is 0.462. The number of nitrogens with zero attached hydrogens (tertiary/aromatic N) is 1. The molecule has 0 unspecified atom stereocenters. The normalized spacial score (nSPS) is 12.2. The highest BCUT2D eigenvalue weighted by molar-refractivity contribution is 5.88. The molecule has 1 aromatic heterocycles. The first kappa shape index (κ1) is 23.8. The van der Waals surface area contributed by atoms with Gasteiger partial charge in [-0.05, 0) is 49.8 Å². The van der Waals surface area contributed by atoms with Crippen molar-refractivity contribution in [3.63, 3.8) is 0 Å². The third-order valence-electron chi connectivity index (χ3n) is 4.74. The predicted molar refractivity (Wildman–Crippen MR) is 125 cm³/mol. The largest absolute Gasteiger partial charge is 0.375 e. The van der Waals surface area contributed by atoms with Crippen LogP contribution in [0.25, 0.3) is 10.9 Å². The van der Waals surface area contributed by atoms with Crippen molar-refractivity contribution in [3.05, 3.63) is 65.9 Å². The molecule has 0 saturated carbocycles. The molecule has 30 heavy (non-hydrogen) atoms. The summed E-state index contributed by atoms with van der Waals surface area (Å²) in [5.74, 6) is 0.462. The monoisotopic (exact) mass is 408 g/mol. The number of benzene rings is 1. The Bertz CT molecular complexity index is 840. The maximum absolute atomic E-state index is 11.7. The summed E-state index contributed by atoms with van der Waals surface area (Å²) >= 11 is 0. The number of unbranched alkanes of at least 4 members (excludes halogenated alkanes) is 4. The number of rotatable bonds is 13. The lowest BCUT2D eigenvalue weighted by Crippen LogP contribution is -2.25. The van der Waals surface area contributed by atoms with Gasteiger partial charge in [0.05, 0.1) is 17.8 Å². The van der Waals surface area contributed by atoms with Crippen molar-refractivity contribution in [1.29, 1.82) is 0 Å². The lowest BCUT2D eigenvalue weighted by Gasteiger charge is -2.05. The molecule has 4 nitrogen and oxygen atoms in total. The van der Waals surface area contributed by atoms with Gasteiger partial charge in [0.1, 0.15) is 0 Å². The number of para-hydroxylation sites is 1. The van der Waals surface area contributed by atoms with E-state index in [4.69, 9.17) is 4.74 Å². The topological polar surface area (TPSA) is 51.2 Å². The molecule has 162 valence electrons. The van der Waals surface area contributed by atoms with Gasteiger partial charge in [-0.1, -0.05) is 63.1 Å². The molecule has 0 aliphatic heterocycles. The van der Waals surface area contributed by atoms with Crippen molar-refractivity contribution in [2.24, 2.45) is 5.92 Å². The summed E-state index contributed by atoms with van der Waals surface area (Å²) in [6.45, 7) is 8.21. The van der Waals surface area contributed by atoms with Gasteiger partial charge in [0.25, 0.3) is 0 Å². The third kappa shape index (κ3) is 9.84. The minimum Gasteiger partial charge on any atom is -0.375 e. The van der Waals surface area contributed by atoms with E-state index in [1.165, 1.54) is 12.8 Å². The Hall–Kier alpha value is -2.46. The average molecular weight is 409 g/mol. The quantitative estimate of drug-likeness (QED) is 0.252. The van der Waals surface area contributed by atoms with E-state index in [0.29, 0.717) is 12.5 Å². The van der Waals surface area contributed by atoms with E-state index in [1.807, 2.05) is 37.3 Å². The molecule has 0 atom stereocenters. The summed E-state index contributed by atoms with van der Waals surface area (Å²) in [5.41, 5.74) is 3.00. The van der Waals surface area contributed by atoms with Crippen LogP contribution in [-0.4, -0.2) is 24.0 Å². The summed E-state index contributed by atoms with van der Waals surface area (Å²) in [6, 6.07) is 12.3. The highest BCUT2D eigenvalue weighted by Gasteiger charge is 1.99. The minimum absolute atomic E-state index is 0.00950. The van der Waals surface area contributed by atoms with Crippen LogP contribution in [0, 0.1) is 5.92 Å². The van der Waals surface area contributed by atoms with Crippen LogP contribution in [0.5, 0.6) is 0 Å². The molecular weight excluding hydrogens is 372 g/mol. The molecule has 0 aliphatic rings. The van der Waals surface area contributed by atoms with E-state index in [0.717, 1.165) is 54.6 Å². The lowest BCUT2D eigenvalue weighted by molar-refractivity contribution is -0.116. The molecule has 0 spiro atoms. The molecule has 0 saturated heterocycles. The summed E-state index contributed by atoms with van der Waals surface area (Å²) in [6.07, 6.45) is 11.5. The molecule has 4 heteroatoms. The molecule has 2 rings (SSSR count). The molecule has 0 radical (unpaired) electrons. The van der Waals surface area contributed by atoms with Crippen LogP contribution in [0.1, 0.15) is 58.6 Å². The third-order valence-corrected chi connectivity index (χ3v) is 4.74. The summed E-state index contributed by atoms with van der Waals surface area (Å²) in [5, 5.41) is 4.06.